The van der Waals surface area contributed by atoms with Gasteiger partial charge in [-0.25, -0.2) is 4.90 Å². The Morgan fingerprint density at radius 2 is 1.55 bits per heavy atom. The largest absolute Gasteiger partial charge is 0.494 e. The first-order valence-electron chi connectivity index (χ1n) is 10.3. The van der Waals surface area contributed by atoms with Crippen molar-refractivity contribution in [2.24, 2.45) is 0 Å². The summed E-state index contributed by atoms with van der Waals surface area (Å²) in [5.74, 6) is 0.0425. The topological polar surface area (TPSA) is 58.6 Å². The van der Waals surface area contributed by atoms with Gasteiger partial charge in [-0.05, 0) is 67.8 Å². The van der Waals surface area contributed by atoms with Gasteiger partial charge in [0.05, 0.1) is 17.9 Å². The number of hydrogen-bond donors (Lipinski definition) is 1. The van der Waals surface area contributed by atoms with E-state index in [1.807, 2.05) is 87.5 Å². The number of imide groups is 1. The Bertz CT molecular complexity index is 1170. The van der Waals surface area contributed by atoms with Gasteiger partial charge >= 0.3 is 0 Å². The van der Waals surface area contributed by atoms with Crippen LogP contribution >= 0.6 is 0 Å². The number of carbonyl (C=O) groups excluding carboxylic acids is 2. The third-order valence-electron chi connectivity index (χ3n) is 5.40. The van der Waals surface area contributed by atoms with Gasteiger partial charge in [0, 0.05) is 5.69 Å². The van der Waals surface area contributed by atoms with Crippen molar-refractivity contribution < 1.29 is 14.3 Å². The first-order valence-corrected chi connectivity index (χ1v) is 10.3. The first-order chi connectivity index (χ1) is 15.0. The van der Waals surface area contributed by atoms with Crippen LogP contribution in [0.25, 0.3) is 5.57 Å². The Hall–Kier alpha value is -3.86. The van der Waals surface area contributed by atoms with Crippen molar-refractivity contribution in [1.29, 1.82) is 0 Å². The molecule has 3 aromatic rings. The zero-order valence-corrected chi connectivity index (χ0v) is 17.8. The van der Waals surface area contributed by atoms with E-state index < -0.39 is 0 Å². The molecule has 0 saturated carbocycles. The lowest BCUT2D eigenvalue weighted by atomic mass is 10.0. The highest BCUT2D eigenvalue weighted by Gasteiger charge is 2.40. The molecule has 0 saturated heterocycles. The van der Waals surface area contributed by atoms with Crippen molar-refractivity contribution >= 4 is 28.8 Å². The van der Waals surface area contributed by atoms with Crippen molar-refractivity contribution in [2.45, 2.75) is 20.8 Å². The van der Waals surface area contributed by atoms with Crippen LogP contribution in [0.2, 0.25) is 0 Å². The van der Waals surface area contributed by atoms with E-state index in [1.165, 1.54) is 4.90 Å². The van der Waals surface area contributed by atoms with Gasteiger partial charge in [0.25, 0.3) is 11.8 Å². The van der Waals surface area contributed by atoms with Gasteiger partial charge in [-0.2, -0.15) is 0 Å². The Morgan fingerprint density at radius 3 is 2.23 bits per heavy atom. The summed E-state index contributed by atoms with van der Waals surface area (Å²) in [7, 11) is 0. The number of anilines is 2. The maximum Gasteiger partial charge on any atom is 0.282 e. The second-order valence-electron chi connectivity index (χ2n) is 7.36. The first kappa shape index (κ1) is 20.4. The molecule has 0 bridgehead atoms. The van der Waals surface area contributed by atoms with Gasteiger partial charge in [0.15, 0.2) is 0 Å². The molecule has 1 aliphatic heterocycles. The minimum atomic E-state index is -0.369. The molecule has 0 spiro atoms. The van der Waals surface area contributed by atoms with Crippen LogP contribution in [0.4, 0.5) is 11.4 Å². The fraction of sp³-hybridized carbons (Fsp3) is 0.154. The molecule has 1 heterocycles. The van der Waals surface area contributed by atoms with E-state index in [0.29, 0.717) is 29.1 Å². The zero-order chi connectivity index (χ0) is 22.0. The van der Waals surface area contributed by atoms with Crippen LogP contribution in [0.3, 0.4) is 0 Å². The summed E-state index contributed by atoms with van der Waals surface area (Å²) in [5.41, 5.74) is 4.55. The minimum Gasteiger partial charge on any atom is -0.494 e. The third-order valence-corrected chi connectivity index (χ3v) is 5.40. The molecule has 2 amide bonds. The van der Waals surface area contributed by atoms with E-state index in [9.17, 15) is 9.59 Å². The number of ether oxygens (including phenoxy) is 1. The molecule has 0 radical (unpaired) electrons. The van der Waals surface area contributed by atoms with Gasteiger partial charge in [-0.3, -0.25) is 9.59 Å². The Labute approximate surface area is 182 Å². The maximum absolute atomic E-state index is 13.5. The quantitative estimate of drug-likeness (QED) is 0.573. The Balaban J connectivity index is 1.78. The number of amides is 2. The molecule has 0 aliphatic carbocycles. The number of carbonyl (C=O) groups is 2. The van der Waals surface area contributed by atoms with Crippen molar-refractivity contribution in [1.82, 2.24) is 0 Å². The number of rotatable bonds is 6. The lowest BCUT2D eigenvalue weighted by Crippen LogP contribution is -2.33. The minimum absolute atomic E-state index is 0.265. The summed E-state index contributed by atoms with van der Waals surface area (Å²) in [4.78, 5) is 28.3. The zero-order valence-electron chi connectivity index (χ0n) is 17.8. The van der Waals surface area contributed by atoms with Crippen LogP contribution in [0.5, 0.6) is 5.75 Å². The Kier molecular flexibility index (Phi) is 5.58. The molecule has 5 nitrogen and oxygen atoms in total. The van der Waals surface area contributed by atoms with Crippen LogP contribution in [0.15, 0.2) is 78.5 Å². The van der Waals surface area contributed by atoms with E-state index in [4.69, 9.17) is 4.74 Å². The van der Waals surface area contributed by atoms with Crippen LogP contribution < -0.4 is 15.0 Å². The molecule has 4 rings (SSSR count). The van der Waals surface area contributed by atoms with E-state index >= 15 is 0 Å². The summed E-state index contributed by atoms with van der Waals surface area (Å²) in [6.07, 6.45) is 0. The number of nitrogens with one attached hydrogen (secondary N) is 1. The SMILES string of the molecule is CCOc1ccc(NC2=C(c3ccccc3)C(=O)N(c3cccc(C)c3C)C2=O)cc1. The fourth-order valence-electron chi connectivity index (χ4n) is 3.66. The highest BCUT2D eigenvalue weighted by atomic mass is 16.5. The molecule has 156 valence electrons. The average Bonchev–Trinajstić information content (AvgIpc) is 3.02. The highest BCUT2D eigenvalue weighted by Crippen LogP contribution is 2.35. The molecular weight excluding hydrogens is 388 g/mol. The summed E-state index contributed by atoms with van der Waals surface area (Å²) in [5, 5.41) is 3.18. The summed E-state index contributed by atoms with van der Waals surface area (Å²) >= 11 is 0. The summed E-state index contributed by atoms with van der Waals surface area (Å²) < 4.78 is 5.49. The van der Waals surface area contributed by atoms with Gasteiger partial charge < -0.3 is 10.1 Å². The molecule has 3 aromatic carbocycles. The lowest BCUT2D eigenvalue weighted by molar-refractivity contribution is -0.120. The van der Waals surface area contributed by atoms with E-state index in [1.54, 1.807) is 6.07 Å². The molecule has 0 atom stereocenters. The molecule has 31 heavy (non-hydrogen) atoms. The second-order valence-corrected chi connectivity index (χ2v) is 7.36. The van der Waals surface area contributed by atoms with E-state index in [-0.39, 0.29) is 17.5 Å². The number of benzene rings is 3. The number of hydrogen-bond acceptors (Lipinski definition) is 4. The standard InChI is InChI=1S/C26H24N2O3/c1-4-31-21-15-13-20(14-16-21)27-24-23(19-10-6-5-7-11-19)25(29)28(26(24)30)22-12-8-9-17(2)18(22)3/h5-16,27H,4H2,1-3H3. The summed E-state index contributed by atoms with van der Waals surface area (Å²) in [6.45, 7) is 6.39. The average molecular weight is 412 g/mol. The number of aryl methyl sites for hydroxylation is 1. The second kappa shape index (κ2) is 8.48. The van der Waals surface area contributed by atoms with Crippen LogP contribution in [0.1, 0.15) is 23.6 Å². The third kappa shape index (κ3) is 3.82. The molecule has 1 aliphatic rings. The van der Waals surface area contributed by atoms with Gasteiger partial charge in [-0.1, -0.05) is 42.5 Å². The van der Waals surface area contributed by atoms with Gasteiger partial charge in [0.2, 0.25) is 0 Å². The molecule has 1 N–H and O–H groups in total. The van der Waals surface area contributed by atoms with Crippen LogP contribution in [0, 0.1) is 13.8 Å². The molecule has 0 unspecified atom stereocenters. The summed E-state index contributed by atoms with van der Waals surface area (Å²) in [6, 6.07) is 22.2. The monoisotopic (exact) mass is 412 g/mol. The fourth-order valence-corrected chi connectivity index (χ4v) is 3.66. The molecular formula is C26H24N2O3. The van der Waals surface area contributed by atoms with Crippen molar-refractivity contribution in [3.8, 4) is 5.75 Å². The smallest absolute Gasteiger partial charge is 0.282 e. The molecule has 5 heteroatoms. The van der Waals surface area contributed by atoms with Crippen molar-refractivity contribution in [2.75, 3.05) is 16.8 Å². The molecule has 0 fully saturated rings. The maximum atomic E-state index is 13.5. The molecule has 0 aromatic heterocycles. The lowest BCUT2D eigenvalue weighted by Gasteiger charge is -2.19. The Morgan fingerprint density at radius 1 is 0.839 bits per heavy atom. The van der Waals surface area contributed by atoms with Crippen molar-refractivity contribution in [3.05, 3.63) is 95.2 Å². The van der Waals surface area contributed by atoms with E-state index in [2.05, 4.69) is 5.32 Å². The predicted octanol–water partition coefficient (Wildman–Crippen LogP) is 5.10. The predicted molar refractivity (Wildman–Crippen MR) is 123 cm³/mol. The van der Waals surface area contributed by atoms with Crippen molar-refractivity contribution in [3.63, 3.8) is 0 Å². The van der Waals surface area contributed by atoms with Crippen LogP contribution in [-0.2, 0) is 9.59 Å². The van der Waals surface area contributed by atoms with E-state index in [0.717, 1.165) is 16.9 Å². The van der Waals surface area contributed by atoms with Gasteiger partial charge in [0.1, 0.15) is 11.4 Å². The normalized spacial score (nSPS) is 13.7. The number of nitrogens with zero attached hydrogens (tertiary/aromatic N) is 1. The van der Waals surface area contributed by atoms with Crippen LogP contribution in [-0.4, -0.2) is 18.4 Å². The van der Waals surface area contributed by atoms with Gasteiger partial charge in [-0.15, -0.1) is 0 Å². The highest BCUT2D eigenvalue weighted by molar-refractivity contribution is 6.46.